The molecule has 0 saturated heterocycles. The molecule has 1 atom stereocenters. The van der Waals surface area contributed by atoms with Gasteiger partial charge in [0.25, 0.3) is 6.43 Å². The van der Waals surface area contributed by atoms with E-state index in [0.717, 1.165) is 24.4 Å². The summed E-state index contributed by atoms with van der Waals surface area (Å²) in [6.07, 6.45) is -5.11. The summed E-state index contributed by atoms with van der Waals surface area (Å²) in [7, 11) is 0. The van der Waals surface area contributed by atoms with Gasteiger partial charge in [-0.15, -0.1) is 0 Å². The number of benzene rings is 1. The zero-order valence-corrected chi connectivity index (χ0v) is 13.9. The first-order chi connectivity index (χ1) is 13.2. The summed E-state index contributed by atoms with van der Waals surface area (Å²) < 4.78 is 64.7. The van der Waals surface area contributed by atoms with Crippen molar-refractivity contribution >= 4 is 11.7 Å². The Morgan fingerprint density at radius 3 is 2.43 bits per heavy atom. The number of amides is 2. The SMILES string of the molecule is N#Cc1cnc(C(F)F)c(C2=CC(c3ccc(C(F)(F)F)cc3)NC(=O)N2)c1. The fourth-order valence-electron chi connectivity index (χ4n) is 2.69. The van der Waals surface area contributed by atoms with E-state index in [2.05, 4.69) is 15.6 Å². The van der Waals surface area contributed by atoms with Crippen LogP contribution in [0.1, 0.15) is 40.4 Å². The zero-order chi connectivity index (χ0) is 20.5. The summed E-state index contributed by atoms with van der Waals surface area (Å²) in [6, 6.07) is 5.44. The number of pyridine rings is 1. The third-order valence-corrected chi connectivity index (χ3v) is 4.01. The van der Waals surface area contributed by atoms with Crippen molar-refractivity contribution in [2.75, 3.05) is 0 Å². The maximum Gasteiger partial charge on any atom is 0.416 e. The molecule has 1 unspecified atom stereocenters. The number of carbonyl (C=O) groups excluding carboxylic acids is 1. The Kier molecular flexibility index (Phi) is 5.00. The van der Waals surface area contributed by atoms with Crippen molar-refractivity contribution in [1.82, 2.24) is 15.6 Å². The van der Waals surface area contributed by atoms with Crippen LogP contribution in [-0.4, -0.2) is 11.0 Å². The monoisotopic (exact) mass is 394 g/mol. The highest BCUT2D eigenvalue weighted by Gasteiger charge is 2.31. The van der Waals surface area contributed by atoms with Crippen LogP contribution in [0.25, 0.3) is 5.70 Å². The normalized spacial score (nSPS) is 16.8. The molecule has 28 heavy (non-hydrogen) atoms. The van der Waals surface area contributed by atoms with Crippen LogP contribution in [0, 0.1) is 11.3 Å². The molecule has 0 fully saturated rings. The lowest BCUT2D eigenvalue weighted by atomic mass is 9.99. The van der Waals surface area contributed by atoms with Gasteiger partial charge in [0.05, 0.1) is 22.9 Å². The van der Waals surface area contributed by atoms with Crippen molar-refractivity contribution in [2.45, 2.75) is 18.6 Å². The van der Waals surface area contributed by atoms with Crippen molar-refractivity contribution in [2.24, 2.45) is 0 Å². The zero-order valence-electron chi connectivity index (χ0n) is 13.9. The minimum Gasteiger partial charge on any atom is -0.327 e. The summed E-state index contributed by atoms with van der Waals surface area (Å²) in [4.78, 5) is 15.6. The Morgan fingerprint density at radius 2 is 1.86 bits per heavy atom. The number of hydrogen-bond acceptors (Lipinski definition) is 3. The predicted molar refractivity (Wildman–Crippen MR) is 87.7 cm³/mol. The van der Waals surface area contributed by atoms with E-state index in [0.29, 0.717) is 5.56 Å². The number of hydrogen-bond donors (Lipinski definition) is 2. The number of nitrogens with zero attached hydrogens (tertiary/aromatic N) is 2. The molecule has 0 aliphatic carbocycles. The highest BCUT2D eigenvalue weighted by molar-refractivity contribution is 5.89. The molecule has 5 nitrogen and oxygen atoms in total. The second-order valence-electron chi connectivity index (χ2n) is 5.85. The van der Waals surface area contributed by atoms with Gasteiger partial charge in [-0.25, -0.2) is 13.6 Å². The Bertz CT molecular complexity index is 977. The van der Waals surface area contributed by atoms with Crippen LogP contribution < -0.4 is 10.6 Å². The molecule has 1 aromatic heterocycles. The van der Waals surface area contributed by atoms with Crippen molar-refractivity contribution in [3.63, 3.8) is 0 Å². The van der Waals surface area contributed by atoms with E-state index in [1.807, 2.05) is 0 Å². The molecule has 1 aliphatic rings. The smallest absolute Gasteiger partial charge is 0.327 e. The molecule has 0 radical (unpaired) electrons. The summed E-state index contributed by atoms with van der Waals surface area (Å²) in [5.74, 6) is 0. The lowest BCUT2D eigenvalue weighted by Crippen LogP contribution is -2.41. The molecule has 0 saturated carbocycles. The van der Waals surface area contributed by atoms with E-state index in [-0.39, 0.29) is 16.8 Å². The minimum absolute atomic E-state index is 0.0131. The largest absolute Gasteiger partial charge is 0.416 e. The van der Waals surface area contributed by atoms with Gasteiger partial charge in [-0.1, -0.05) is 12.1 Å². The van der Waals surface area contributed by atoms with Gasteiger partial charge in [-0.2, -0.15) is 18.4 Å². The maximum absolute atomic E-state index is 13.3. The number of urea groups is 1. The third-order valence-electron chi connectivity index (χ3n) is 4.01. The first-order valence-corrected chi connectivity index (χ1v) is 7.84. The van der Waals surface area contributed by atoms with Crippen molar-refractivity contribution in [3.8, 4) is 6.07 Å². The van der Waals surface area contributed by atoms with Gasteiger partial charge in [0.1, 0.15) is 11.8 Å². The summed E-state index contributed by atoms with van der Waals surface area (Å²) in [6.45, 7) is 0. The quantitative estimate of drug-likeness (QED) is 0.762. The number of rotatable bonds is 3. The molecule has 2 N–H and O–H groups in total. The third kappa shape index (κ3) is 3.93. The van der Waals surface area contributed by atoms with Gasteiger partial charge < -0.3 is 10.6 Å². The van der Waals surface area contributed by atoms with Crippen molar-refractivity contribution in [1.29, 1.82) is 5.26 Å². The fourth-order valence-corrected chi connectivity index (χ4v) is 2.69. The van der Waals surface area contributed by atoms with Crippen LogP contribution in [0.15, 0.2) is 42.6 Å². The standard InChI is InChI=1S/C18H11F5N4O/c19-16(20)15-12(5-9(7-24)8-25-15)14-6-13(26-17(28)27-14)10-1-3-11(4-2-10)18(21,22)23/h1-6,8,13,16H,(H2,26,27,28). The topological polar surface area (TPSA) is 77.8 Å². The second kappa shape index (κ2) is 7.26. The molecule has 144 valence electrons. The van der Waals surface area contributed by atoms with Crippen LogP contribution in [-0.2, 0) is 6.18 Å². The number of nitrogens with one attached hydrogen (secondary N) is 2. The minimum atomic E-state index is -4.51. The van der Waals surface area contributed by atoms with Gasteiger partial charge in [0, 0.05) is 11.8 Å². The van der Waals surface area contributed by atoms with E-state index >= 15 is 0 Å². The Morgan fingerprint density at radius 1 is 1.18 bits per heavy atom. The summed E-state index contributed by atoms with van der Waals surface area (Å²) in [5.41, 5.74) is -1.30. The Labute approximate surface area is 155 Å². The predicted octanol–water partition coefficient (Wildman–Crippen LogP) is 4.30. The highest BCUT2D eigenvalue weighted by atomic mass is 19.4. The first-order valence-electron chi connectivity index (χ1n) is 7.84. The van der Waals surface area contributed by atoms with E-state index in [9.17, 15) is 26.7 Å². The number of carbonyl (C=O) groups is 1. The highest BCUT2D eigenvalue weighted by Crippen LogP contribution is 2.32. The van der Waals surface area contributed by atoms with Crippen molar-refractivity contribution in [3.05, 3.63) is 70.6 Å². The molecule has 10 heteroatoms. The Balaban J connectivity index is 2.03. The maximum atomic E-state index is 13.3. The average molecular weight is 394 g/mol. The number of alkyl halides is 5. The van der Waals surface area contributed by atoms with Gasteiger partial charge in [0.2, 0.25) is 0 Å². The first kappa shape index (κ1) is 19.3. The van der Waals surface area contributed by atoms with Gasteiger partial charge in [-0.3, -0.25) is 4.98 Å². The molecule has 2 aromatic rings. The molecular formula is C18H11F5N4O. The average Bonchev–Trinajstić information content (AvgIpc) is 2.66. The second-order valence-corrected chi connectivity index (χ2v) is 5.85. The molecular weight excluding hydrogens is 383 g/mol. The van der Waals surface area contributed by atoms with E-state index < -0.39 is 35.9 Å². The van der Waals surface area contributed by atoms with Crippen LogP contribution in [0.5, 0.6) is 0 Å². The molecule has 3 rings (SSSR count). The fraction of sp³-hybridized carbons (Fsp3) is 0.167. The number of halogens is 5. The molecule has 2 heterocycles. The molecule has 0 spiro atoms. The van der Waals surface area contributed by atoms with Gasteiger partial charge >= 0.3 is 12.2 Å². The van der Waals surface area contributed by atoms with Crippen LogP contribution in [0.4, 0.5) is 26.7 Å². The lowest BCUT2D eigenvalue weighted by Gasteiger charge is -2.25. The lowest BCUT2D eigenvalue weighted by molar-refractivity contribution is -0.137. The molecule has 2 amide bonds. The van der Waals surface area contributed by atoms with Crippen molar-refractivity contribution < 1.29 is 26.7 Å². The molecule has 1 aromatic carbocycles. The summed E-state index contributed by atoms with van der Waals surface area (Å²) >= 11 is 0. The van der Waals surface area contributed by atoms with E-state index in [1.54, 1.807) is 6.07 Å². The van der Waals surface area contributed by atoms with Crippen LogP contribution in [0.3, 0.4) is 0 Å². The van der Waals surface area contributed by atoms with Gasteiger partial charge in [-0.05, 0) is 29.8 Å². The number of aromatic nitrogens is 1. The molecule has 1 aliphatic heterocycles. The number of nitriles is 1. The molecule has 0 bridgehead atoms. The van der Waals surface area contributed by atoms with Crippen LogP contribution in [0.2, 0.25) is 0 Å². The van der Waals surface area contributed by atoms with Gasteiger partial charge in [0.15, 0.2) is 0 Å². The van der Waals surface area contributed by atoms with Crippen LogP contribution >= 0.6 is 0 Å². The summed E-state index contributed by atoms with van der Waals surface area (Å²) in [5, 5.41) is 13.8. The van der Waals surface area contributed by atoms with E-state index in [1.165, 1.54) is 18.2 Å². The Hall–Kier alpha value is -3.48. The van der Waals surface area contributed by atoms with E-state index in [4.69, 9.17) is 5.26 Å².